The normalized spacial score (nSPS) is 20.8. The Hall–Kier alpha value is -2.40. The maximum Gasteiger partial charge on any atom is 0.272 e. The Balaban J connectivity index is 1.60. The Morgan fingerprint density at radius 1 is 1.38 bits per heavy atom. The van der Waals surface area contributed by atoms with Crippen molar-refractivity contribution in [2.24, 2.45) is 5.41 Å². The summed E-state index contributed by atoms with van der Waals surface area (Å²) in [5.41, 5.74) is 1.16. The van der Waals surface area contributed by atoms with Crippen molar-refractivity contribution < 1.29 is 14.3 Å². The van der Waals surface area contributed by atoms with Gasteiger partial charge in [-0.15, -0.1) is 0 Å². The SMILES string of the molecule is CCCNC(=O)c1n[nH]c2c1CC(CNC(=O)C1(C#N)CCCC1)OC2. The van der Waals surface area contributed by atoms with Gasteiger partial charge >= 0.3 is 0 Å². The number of nitriles is 1. The van der Waals surface area contributed by atoms with Gasteiger partial charge in [0.1, 0.15) is 5.41 Å². The highest BCUT2D eigenvalue weighted by atomic mass is 16.5. The Kier molecular flexibility index (Phi) is 5.57. The van der Waals surface area contributed by atoms with Gasteiger partial charge in [-0.05, 0) is 19.3 Å². The Bertz CT molecular complexity index is 715. The third-order valence-corrected chi connectivity index (χ3v) is 5.19. The van der Waals surface area contributed by atoms with Crippen molar-refractivity contribution in [1.29, 1.82) is 5.26 Å². The molecule has 8 nitrogen and oxygen atoms in total. The minimum atomic E-state index is -0.888. The van der Waals surface area contributed by atoms with Crippen LogP contribution < -0.4 is 10.6 Å². The van der Waals surface area contributed by atoms with Crippen molar-refractivity contribution in [2.75, 3.05) is 13.1 Å². The molecule has 3 N–H and O–H groups in total. The summed E-state index contributed by atoms with van der Waals surface area (Å²) in [4.78, 5) is 24.7. The number of amides is 2. The molecule has 2 amide bonds. The molecule has 1 atom stereocenters. The van der Waals surface area contributed by atoms with E-state index in [1.165, 1.54) is 0 Å². The van der Waals surface area contributed by atoms with E-state index in [4.69, 9.17) is 4.74 Å². The molecule has 0 spiro atoms. The van der Waals surface area contributed by atoms with Gasteiger partial charge in [-0.1, -0.05) is 19.8 Å². The molecule has 8 heteroatoms. The van der Waals surface area contributed by atoms with E-state index in [2.05, 4.69) is 26.9 Å². The van der Waals surface area contributed by atoms with Gasteiger partial charge in [0.2, 0.25) is 5.91 Å². The lowest BCUT2D eigenvalue weighted by atomic mass is 9.87. The van der Waals surface area contributed by atoms with Gasteiger partial charge in [0.15, 0.2) is 5.69 Å². The molecular weight excluding hydrogens is 334 g/mol. The lowest BCUT2D eigenvalue weighted by molar-refractivity contribution is -0.128. The fraction of sp³-hybridized carbons (Fsp3) is 0.667. The fourth-order valence-corrected chi connectivity index (χ4v) is 3.61. The first-order valence-corrected chi connectivity index (χ1v) is 9.25. The number of aromatic nitrogens is 2. The van der Waals surface area contributed by atoms with Gasteiger partial charge < -0.3 is 15.4 Å². The molecule has 3 rings (SSSR count). The second-order valence-corrected chi connectivity index (χ2v) is 7.03. The number of hydrogen-bond acceptors (Lipinski definition) is 5. The highest BCUT2D eigenvalue weighted by Gasteiger charge is 2.41. The van der Waals surface area contributed by atoms with Crippen LogP contribution in [0.3, 0.4) is 0 Å². The topological polar surface area (TPSA) is 120 Å². The molecule has 1 saturated carbocycles. The number of H-pyrrole nitrogens is 1. The quantitative estimate of drug-likeness (QED) is 0.705. The van der Waals surface area contributed by atoms with Crippen LogP contribution in [0, 0.1) is 16.7 Å². The van der Waals surface area contributed by atoms with Crippen LogP contribution in [-0.4, -0.2) is 41.2 Å². The third-order valence-electron chi connectivity index (χ3n) is 5.19. The predicted molar refractivity (Wildman–Crippen MR) is 93.0 cm³/mol. The molecule has 26 heavy (non-hydrogen) atoms. The van der Waals surface area contributed by atoms with Crippen LogP contribution in [0.1, 0.15) is 60.8 Å². The minimum absolute atomic E-state index is 0.191. The lowest BCUT2D eigenvalue weighted by Crippen LogP contribution is -2.43. The van der Waals surface area contributed by atoms with Gasteiger partial charge in [-0.2, -0.15) is 10.4 Å². The Morgan fingerprint density at radius 2 is 2.15 bits per heavy atom. The first-order chi connectivity index (χ1) is 12.6. The summed E-state index contributed by atoms with van der Waals surface area (Å²) in [5, 5.41) is 22.1. The third kappa shape index (κ3) is 3.58. The van der Waals surface area contributed by atoms with Gasteiger partial charge in [0.05, 0.1) is 24.5 Å². The largest absolute Gasteiger partial charge is 0.370 e. The zero-order chi connectivity index (χ0) is 18.6. The predicted octanol–water partition coefficient (Wildman–Crippen LogP) is 1.19. The minimum Gasteiger partial charge on any atom is -0.370 e. The molecule has 1 unspecified atom stereocenters. The molecule has 1 aliphatic heterocycles. The van der Waals surface area contributed by atoms with Crippen molar-refractivity contribution in [1.82, 2.24) is 20.8 Å². The number of carbonyl (C=O) groups excluding carboxylic acids is 2. The summed E-state index contributed by atoms with van der Waals surface area (Å²) < 4.78 is 5.76. The maximum absolute atomic E-state index is 12.5. The van der Waals surface area contributed by atoms with Gasteiger partial charge in [0.25, 0.3) is 5.91 Å². The van der Waals surface area contributed by atoms with Gasteiger partial charge in [-0.3, -0.25) is 14.7 Å². The Labute approximate surface area is 152 Å². The zero-order valence-corrected chi connectivity index (χ0v) is 15.1. The van der Waals surface area contributed by atoms with Crippen molar-refractivity contribution in [3.05, 3.63) is 17.0 Å². The highest BCUT2D eigenvalue weighted by Crippen LogP contribution is 2.37. The lowest BCUT2D eigenvalue weighted by Gasteiger charge is -2.25. The molecule has 1 aromatic heterocycles. The number of fused-ring (bicyclic) bond motifs is 1. The van der Waals surface area contributed by atoms with Gasteiger partial charge in [0, 0.05) is 25.1 Å². The number of ether oxygens (including phenoxy) is 1. The zero-order valence-electron chi connectivity index (χ0n) is 15.1. The van der Waals surface area contributed by atoms with Crippen LogP contribution in [-0.2, 0) is 22.6 Å². The van der Waals surface area contributed by atoms with E-state index in [9.17, 15) is 14.9 Å². The van der Waals surface area contributed by atoms with Crippen LogP contribution in [0.15, 0.2) is 0 Å². The van der Waals surface area contributed by atoms with E-state index in [0.717, 1.165) is 30.5 Å². The monoisotopic (exact) mass is 359 g/mol. The highest BCUT2D eigenvalue weighted by molar-refractivity contribution is 5.94. The second-order valence-electron chi connectivity index (χ2n) is 7.03. The maximum atomic E-state index is 12.5. The standard InChI is InChI=1S/C18H25N5O3/c1-2-7-20-16(24)15-13-8-12(26-10-14(13)22-23-15)9-21-17(25)18(11-19)5-3-4-6-18/h12H,2-10H2,1H3,(H,20,24)(H,21,25)(H,22,23). The van der Waals surface area contributed by atoms with Crippen molar-refractivity contribution >= 4 is 11.8 Å². The van der Waals surface area contributed by atoms with Crippen molar-refractivity contribution in [3.63, 3.8) is 0 Å². The number of nitrogens with zero attached hydrogens (tertiary/aromatic N) is 2. The number of hydrogen-bond donors (Lipinski definition) is 3. The molecule has 140 valence electrons. The summed E-state index contributed by atoms with van der Waals surface area (Å²) in [5.74, 6) is -0.400. The summed E-state index contributed by atoms with van der Waals surface area (Å²) in [7, 11) is 0. The van der Waals surface area contributed by atoms with Crippen LogP contribution in [0.5, 0.6) is 0 Å². The van der Waals surface area contributed by atoms with Crippen molar-refractivity contribution in [2.45, 2.75) is 58.2 Å². The number of rotatable bonds is 6. The average Bonchev–Trinajstić information content (AvgIpc) is 3.31. The molecule has 0 bridgehead atoms. The number of nitrogens with one attached hydrogen (secondary N) is 3. The smallest absolute Gasteiger partial charge is 0.272 e. The van der Waals surface area contributed by atoms with E-state index in [-0.39, 0.29) is 17.9 Å². The van der Waals surface area contributed by atoms with E-state index < -0.39 is 5.41 Å². The summed E-state index contributed by atoms with van der Waals surface area (Å²) >= 11 is 0. The molecule has 2 heterocycles. The van der Waals surface area contributed by atoms with Crippen molar-refractivity contribution in [3.8, 4) is 6.07 Å². The first-order valence-electron chi connectivity index (χ1n) is 9.25. The fourth-order valence-electron chi connectivity index (χ4n) is 3.61. The molecule has 1 fully saturated rings. The van der Waals surface area contributed by atoms with Crippen LogP contribution in [0.4, 0.5) is 0 Å². The van der Waals surface area contributed by atoms with E-state index >= 15 is 0 Å². The number of aromatic amines is 1. The first kappa shape index (κ1) is 18.4. The number of carbonyl (C=O) groups is 2. The van der Waals surface area contributed by atoms with Crippen LogP contribution in [0.25, 0.3) is 0 Å². The molecule has 0 aromatic carbocycles. The molecule has 1 aromatic rings. The van der Waals surface area contributed by atoms with E-state index in [1.54, 1.807) is 0 Å². The summed E-state index contributed by atoms with van der Waals surface area (Å²) in [6.07, 6.45) is 4.18. The average molecular weight is 359 g/mol. The molecule has 0 saturated heterocycles. The van der Waals surface area contributed by atoms with E-state index in [0.29, 0.717) is 44.7 Å². The van der Waals surface area contributed by atoms with E-state index in [1.807, 2.05) is 6.92 Å². The Morgan fingerprint density at radius 3 is 2.85 bits per heavy atom. The molecule has 2 aliphatic rings. The molecule has 1 aliphatic carbocycles. The van der Waals surface area contributed by atoms with Crippen LogP contribution in [0.2, 0.25) is 0 Å². The molecule has 0 radical (unpaired) electrons. The summed E-state index contributed by atoms with van der Waals surface area (Å²) in [6.45, 7) is 3.24. The molecular formula is C18H25N5O3. The van der Waals surface area contributed by atoms with Gasteiger partial charge in [-0.25, -0.2) is 0 Å². The summed E-state index contributed by atoms with van der Waals surface area (Å²) in [6, 6.07) is 2.20. The second kappa shape index (κ2) is 7.87. The van der Waals surface area contributed by atoms with Crippen LogP contribution >= 0.6 is 0 Å².